The Kier molecular flexibility index (Phi) is 21.4. The summed E-state index contributed by atoms with van der Waals surface area (Å²) in [4.78, 5) is 9.83. The van der Waals surface area contributed by atoms with Gasteiger partial charge in [-0.15, -0.1) is 0 Å². The molecule has 0 aliphatic heterocycles. The SMILES string of the molecule is CCCCCCCCCCCCCCCCCC/C=C\OC[C@@H](O)COP(=O)(O)OC1C(O)C(O)C(O)[C@@H](O)C1O. The van der Waals surface area contributed by atoms with Gasteiger partial charge in [-0.05, 0) is 18.9 Å². The molecule has 1 saturated carbocycles. The van der Waals surface area contributed by atoms with Gasteiger partial charge in [0.15, 0.2) is 0 Å². The minimum Gasteiger partial charge on any atom is -0.499 e. The zero-order valence-electron chi connectivity index (χ0n) is 24.8. The molecule has 12 heteroatoms. The third-order valence-corrected chi connectivity index (χ3v) is 8.45. The quantitative estimate of drug-likeness (QED) is 0.0451. The minimum absolute atomic E-state index is 0.201. The first kappa shape index (κ1) is 38.4. The van der Waals surface area contributed by atoms with Crippen LogP contribution in [0, 0.1) is 0 Å². The fourth-order valence-electron chi connectivity index (χ4n) is 4.85. The maximum Gasteiger partial charge on any atom is 0.472 e. The van der Waals surface area contributed by atoms with Gasteiger partial charge in [0.2, 0.25) is 0 Å². The molecule has 244 valence electrons. The molecule has 0 aromatic carbocycles. The number of unbranched alkanes of at least 4 members (excludes halogenated alkanes) is 16. The second kappa shape index (κ2) is 22.9. The van der Waals surface area contributed by atoms with Crippen molar-refractivity contribution in [3.63, 3.8) is 0 Å². The molecule has 7 N–H and O–H groups in total. The molecule has 0 aromatic rings. The summed E-state index contributed by atoms with van der Waals surface area (Å²) in [5, 5.41) is 58.6. The summed E-state index contributed by atoms with van der Waals surface area (Å²) in [6, 6.07) is 0. The van der Waals surface area contributed by atoms with E-state index < -0.39 is 57.2 Å². The lowest BCUT2D eigenvalue weighted by Crippen LogP contribution is -2.64. The number of phosphoric acid groups is 1. The van der Waals surface area contributed by atoms with Gasteiger partial charge in [-0.25, -0.2) is 4.57 Å². The van der Waals surface area contributed by atoms with Gasteiger partial charge in [-0.2, -0.15) is 0 Å². The smallest absolute Gasteiger partial charge is 0.472 e. The lowest BCUT2D eigenvalue weighted by Gasteiger charge is -2.41. The number of aliphatic hydroxyl groups is 6. The van der Waals surface area contributed by atoms with Gasteiger partial charge >= 0.3 is 7.82 Å². The second-order valence-electron chi connectivity index (χ2n) is 11.2. The van der Waals surface area contributed by atoms with Crippen molar-refractivity contribution >= 4 is 7.82 Å². The molecule has 0 spiro atoms. The minimum atomic E-state index is -4.90. The van der Waals surface area contributed by atoms with Crippen LogP contribution in [0.5, 0.6) is 0 Å². The number of aliphatic hydroxyl groups excluding tert-OH is 6. The van der Waals surface area contributed by atoms with E-state index in [9.17, 15) is 40.1 Å². The molecule has 0 heterocycles. The first-order valence-corrected chi connectivity index (χ1v) is 17.1. The van der Waals surface area contributed by atoms with Gasteiger partial charge in [0.05, 0.1) is 12.9 Å². The van der Waals surface area contributed by atoms with E-state index in [0.717, 1.165) is 19.3 Å². The van der Waals surface area contributed by atoms with Crippen LogP contribution in [0.2, 0.25) is 0 Å². The molecule has 8 atom stereocenters. The Balaban J connectivity index is 1.99. The van der Waals surface area contributed by atoms with Crippen LogP contribution in [-0.4, -0.2) is 91.5 Å². The molecular weight excluding hydrogens is 555 g/mol. The zero-order valence-corrected chi connectivity index (χ0v) is 25.7. The molecular formula is C29H57O11P. The van der Waals surface area contributed by atoms with Gasteiger partial charge in [-0.1, -0.05) is 103 Å². The lowest BCUT2D eigenvalue weighted by molar-refractivity contribution is -0.220. The van der Waals surface area contributed by atoms with E-state index in [1.54, 1.807) is 0 Å². The van der Waals surface area contributed by atoms with Crippen LogP contribution in [0.4, 0.5) is 0 Å². The summed E-state index contributed by atoms with van der Waals surface area (Å²) in [5.74, 6) is 0. The molecule has 0 aromatic heterocycles. The van der Waals surface area contributed by atoms with Crippen LogP contribution < -0.4 is 0 Å². The molecule has 11 nitrogen and oxygen atoms in total. The predicted molar refractivity (Wildman–Crippen MR) is 156 cm³/mol. The molecule has 1 rings (SSSR count). The number of rotatable bonds is 25. The van der Waals surface area contributed by atoms with Gasteiger partial charge < -0.3 is 40.3 Å². The molecule has 0 amide bonds. The summed E-state index contributed by atoms with van der Waals surface area (Å²) in [6.07, 6.45) is 12.5. The van der Waals surface area contributed by atoms with Crippen LogP contribution in [-0.2, 0) is 18.3 Å². The maximum absolute atomic E-state index is 12.1. The highest BCUT2D eigenvalue weighted by Crippen LogP contribution is 2.47. The third-order valence-electron chi connectivity index (χ3n) is 7.46. The van der Waals surface area contributed by atoms with Crippen molar-refractivity contribution in [2.45, 2.75) is 159 Å². The normalized spacial score (nSPS) is 27.2. The van der Waals surface area contributed by atoms with Crippen molar-refractivity contribution in [1.82, 2.24) is 0 Å². The van der Waals surface area contributed by atoms with Crippen molar-refractivity contribution in [3.8, 4) is 0 Å². The van der Waals surface area contributed by atoms with Gasteiger partial charge in [-0.3, -0.25) is 9.05 Å². The summed E-state index contributed by atoms with van der Waals surface area (Å²) < 4.78 is 26.7. The molecule has 0 saturated heterocycles. The number of hydrogen-bond acceptors (Lipinski definition) is 10. The first-order chi connectivity index (χ1) is 19.6. The molecule has 0 radical (unpaired) electrons. The van der Waals surface area contributed by atoms with Crippen LogP contribution in [0.15, 0.2) is 12.3 Å². The zero-order chi connectivity index (χ0) is 30.5. The van der Waals surface area contributed by atoms with Gasteiger partial charge in [0.25, 0.3) is 0 Å². The fourth-order valence-corrected chi connectivity index (χ4v) is 5.83. The van der Waals surface area contributed by atoms with E-state index in [2.05, 4.69) is 16.0 Å². The van der Waals surface area contributed by atoms with E-state index in [-0.39, 0.29) is 6.61 Å². The van der Waals surface area contributed by atoms with Gasteiger partial charge in [0, 0.05) is 0 Å². The Bertz CT molecular complexity index is 694. The van der Waals surface area contributed by atoms with Gasteiger partial charge in [0.1, 0.15) is 49.3 Å². The Morgan fingerprint density at radius 1 is 0.659 bits per heavy atom. The van der Waals surface area contributed by atoms with E-state index >= 15 is 0 Å². The topological polar surface area (TPSA) is 186 Å². The lowest BCUT2D eigenvalue weighted by atomic mass is 9.85. The number of phosphoric ester groups is 1. The third kappa shape index (κ3) is 17.3. The summed E-state index contributed by atoms with van der Waals surface area (Å²) in [7, 11) is -4.90. The second-order valence-corrected chi connectivity index (χ2v) is 12.6. The molecule has 1 aliphatic rings. The average Bonchev–Trinajstić information content (AvgIpc) is 2.95. The molecule has 6 unspecified atom stereocenters. The van der Waals surface area contributed by atoms with E-state index in [4.69, 9.17) is 4.74 Å². The molecule has 0 bridgehead atoms. The predicted octanol–water partition coefficient (Wildman–Crippen LogP) is 3.85. The highest BCUT2D eigenvalue weighted by atomic mass is 31.2. The number of allylic oxidation sites excluding steroid dienone is 1. The molecule has 41 heavy (non-hydrogen) atoms. The summed E-state index contributed by atoms with van der Waals surface area (Å²) in [5.41, 5.74) is 0. The Labute approximate surface area is 246 Å². The maximum atomic E-state index is 12.1. The summed E-state index contributed by atoms with van der Waals surface area (Å²) in [6.45, 7) is 1.41. The highest BCUT2D eigenvalue weighted by molar-refractivity contribution is 7.47. The number of ether oxygens (including phenoxy) is 1. The van der Waals surface area contributed by atoms with E-state index in [0.29, 0.717) is 0 Å². The Morgan fingerprint density at radius 3 is 1.54 bits per heavy atom. The molecule has 1 aliphatic carbocycles. The summed E-state index contributed by atoms with van der Waals surface area (Å²) >= 11 is 0. The average molecular weight is 613 g/mol. The van der Waals surface area contributed by atoms with Crippen LogP contribution in [0.1, 0.15) is 116 Å². The van der Waals surface area contributed by atoms with Crippen molar-refractivity contribution < 1.29 is 53.9 Å². The Morgan fingerprint density at radius 2 is 1.07 bits per heavy atom. The largest absolute Gasteiger partial charge is 0.499 e. The molecule has 1 fully saturated rings. The van der Waals surface area contributed by atoms with Crippen molar-refractivity contribution in [3.05, 3.63) is 12.3 Å². The van der Waals surface area contributed by atoms with Crippen LogP contribution >= 0.6 is 7.82 Å². The monoisotopic (exact) mass is 612 g/mol. The fraction of sp³-hybridized carbons (Fsp3) is 0.931. The van der Waals surface area contributed by atoms with Crippen molar-refractivity contribution in [2.75, 3.05) is 13.2 Å². The van der Waals surface area contributed by atoms with Crippen molar-refractivity contribution in [1.29, 1.82) is 0 Å². The first-order valence-electron chi connectivity index (χ1n) is 15.6. The van der Waals surface area contributed by atoms with Crippen molar-refractivity contribution in [2.24, 2.45) is 0 Å². The Hall–Kier alpha value is -0.590. The van der Waals surface area contributed by atoms with E-state index in [1.165, 1.54) is 96.2 Å². The van der Waals surface area contributed by atoms with E-state index in [1.807, 2.05) is 6.08 Å². The van der Waals surface area contributed by atoms with Crippen LogP contribution in [0.25, 0.3) is 0 Å². The standard InChI is InChI=1S/C29H57O11P/c1-2-3-4-5-6-7-8-9-10-11-12-13-14-15-16-17-18-19-20-38-21-23(30)22-39-41(36,37)40-29-27(34)25(32)24(31)26(33)28(29)35/h19-20,23-35H,2-18,21-22H2,1H3,(H,36,37)/b20-19-/t23-,24?,25-,26?,27?,28?,29?/m1/s1. The number of hydrogen-bond donors (Lipinski definition) is 7. The highest BCUT2D eigenvalue weighted by Gasteiger charge is 2.51. The van der Waals surface area contributed by atoms with Crippen LogP contribution in [0.3, 0.4) is 0 Å².